The fourth-order valence-electron chi connectivity index (χ4n) is 1.57. The second-order valence-electron chi connectivity index (χ2n) is 4.04. The topological polar surface area (TPSA) is 24.1 Å². The van der Waals surface area contributed by atoms with Gasteiger partial charge in [0, 0.05) is 31.2 Å². The van der Waals surface area contributed by atoms with Gasteiger partial charge in [0.05, 0.1) is 5.56 Å². The number of alkyl halides is 3. The molecule has 0 saturated carbocycles. The summed E-state index contributed by atoms with van der Waals surface area (Å²) in [5.74, 6) is -0.613. The molecule has 0 bridgehead atoms. The molecule has 1 aliphatic rings. The zero-order chi connectivity index (χ0) is 12.5. The van der Waals surface area contributed by atoms with E-state index in [1.54, 1.807) is 0 Å². The van der Waals surface area contributed by atoms with Crippen molar-refractivity contribution in [1.82, 2.24) is 10.6 Å². The van der Waals surface area contributed by atoms with Gasteiger partial charge in [0.1, 0.15) is 5.82 Å². The first-order chi connectivity index (χ1) is 7.97. The summed E-state index contributed by atoms with van der Waals surface area (Å²) in [6.45, 7) is 1.64. The van der Waals surface area contributed by atoms with Crippen LogP contribution in [0.5, 0.6) is 0 Å². The van der Waals surface area contributed by atoms with E-state index >= 15 is 0 Å². The lowest BCUT2D eigenvalue weighted by atomic mass is 10.1. The number of halogens is 4. The second-order valence-corrected chi connectivity index (χ2v) is 4.04. The molecule has 0 aromatic heterocycles. The van der Waals surface area contributed by atoms with E-state index in [1.807, 2.05) is 0 Å². The molecule has 0 amide bonds. The van der Waals surface area contributed by atoms with E-state index in [9.17, 15) is 17.6 Å². The Morgan fingerprint density at radius 1 is 1.29 bits per heavy atom. The molecule has 1 aromatic carbocycles. The Bertz CT molecular complexity index is 399. The summed E-state index contributed by atoms with van der Waals surface area (Å²) in [5.41, 5.74) is -0.769. The lowest BCUT2D eigenvalue weighted by Crippen LogP contribution is -2.55. The monoisotopic (exact) mass is 248 g/mol. The molecule has 0 unspecified atom stereocenters. The van der Waals surface area contributed by atoms with Gasteiger partial charge in [-0.05, 0) is 18.2 Å². The molecule has 1 aromatic rings. The number of nitrogens with one attached hydrogen (secondary N) is 2. The second kappa shape index (κ2) is 4.62. The SMILES string of the molecule is Fc1ccc(C(F)(F)F)cc1CNC1CNC1. The third-order valence-corrected chi connectivity index (χ3v) is 2.74. The highest BCUT2D eigenvalue weighted by Gasteiger charge is 2.31. The molecule has 1 heterocycles. The Kier molecular flexibility index (Phi) is 3.35. The maximum absolute atomic E-state index is 13.3. The molecule has 0 radical (unpaired) electrons. The number of rotatable bonds is 3. The Hall–Kier alpha value is -1.14. The van der Waals surface area contributed by atoms with Gasteiger partial charge in [-0.1, -0.05) is 0 Å². The minimum Gasteiger partial charge on any atom is -0.314 e. The lowest BCUT2D eigenvalue weighted by Gasteiger charge is -2.28. The summed E-state index contributed by atoms with van der Waals surface area (Å²) in [4.78, 5) is 0. The molecule has 0 atom stereocenters. The summed E-state index contributed by atoms with van der Waals surface area (Å²) in [5, 5.41) is 6.00. The molecule has 6 heteroatoms. The summed E-state index contributed by atoms with van der Waals surface area (Å²) >= 11 is 0. The van der Waals surface area contributed by atoms with Gasteiger partial charge in [-0.15, -0.1) is 0 Å². The molecule has 17 heavy (non-hydrogen) atoms. The van der Waals surface area contributed by atoms with Crippen molar-refractivity contribution in [3.63, 3.8) is 0 Å². The third-order valence-electron chi connectivity index (χ3n) is 2.74. The Balaban J connectivity index is 2.08. The highest BCUT2D eigenvalue weighted by molar-refractivity contribution is 5.27. The molecular formula is C11H12F4N2. The van der Waals surface area contributed by atoms with Crippen molar-refractivity contribution in [2.45, 2.75) is 18.8 Å². The quantitative estimate of drug-likeness (QED) is 0.798. The van der Waals surface area contributed by atoms with E-state index in [4.69, 9.17) is 0 Å². The number of hydrogen-bond acceptors (Lipinski definition) is 2. The van der Waals surface area contributed by atoms with Gasteiger partial charge in [-0.3, -0.25) is 0 Å². The van der Waals surface area contributed by atoms with Crippen LogP contribution in [0.2, 0.25) is 0 Å². The van der Waals surface area contributed by atoms with E-state index in [0.29, 0.717) is 0 Å². The van der Waals surface area contributed by atoms with Crippen molar-refractivity contribution in [2.24, 2.45) is 0 Å². The van der Waals surface area contributed by atoms with Crippen LogP contribution in [0, 0.1) is 5.82 Å². The largest absolute Gasteiger partial charge is 0.416 e. The van der Waals surface area contributed by atoms with Crippen molar-refractivity contribution >= 4 is 0 Å². The highest BCUT2D eigenvalue weighted by atomic mass is 19.4. The van der Waals surface area contributed by atoms with Crippen LogP contribution in [0.3, 0.4) is 0 Å². The van der Waals surface area contributed by atoms with Crippen LogP contribution >= 0.6 is 0 Å². The molecule has 1 fully saturated rings. The molecule has 2 rings (SSSR count). The fraction of sp³-hybridized carbons (Fsp3) is 0.455. The van der Waals surface area contributed by atoms with Crippen molar-refractivity contribution in [3.8, 4) is 0 Å². The minimum atomic E-state index is -4.43. The Morgan fingerprint density at radius 3 is 2.53 bits per heavy atom. The van der Waals surface area contributed by atoms with Crippen LogP contribution in [-0.4, -0.2) is 19.1 Å². The predicted octanol–water partition coefficient (Wildman–Crippen LogP) is 1.91. The van der Waals surface area contributed by atoms with Crippen molar-refractivity contribution in [2.75, 3.05) is 13.1 Å². The molecule has 1 saturated heterocycles. The van der Waals surface area contributed by atoms with Gasteiger partial charge in [0.25, 0.3) is 0 Å². The number of benzene rings is 1. The van der Waals surface area contributed by atoms with E-state index in [1.165, 1.54) is 0 Å². The smallest absolute Gasteiger partial charge is 0.314 e. The van der Waals surface area contributed by atoms with Gasteiger partial charge in [0.15, 0.2) is 0 Å². The summed E-state index contributed by atoms with van der Waals surface area (Å²) in [6.07, 6.45) is -4.43. The van der Waals surface area contributed by atoms with Crippen LogP contribution in [0.15, 0.2) is 18.2 Å². The van der Waals surface area contributed by atoms with Gasteiger partial charge < -0.3 is 10.6 Å². The average molecular weight is 248 g/mol. The van der Waals surface area contributed by atoms with Crippen LogP contribution in [0.1, 0.15) is 11.1 Å². The van der Waals surface area contributed by atoms with Crippen molar-refractivity contribution in [3.05, 3.63) is 35.1 Å². The van der Waals surface area contributed by atoms with Crippen LogP contribution in [0.4, 0.5) is 17.6 Å². The zero-order valence-electron chi connectivity index (χ0n) is 8.94. The molecule has 0 aliphatic carbocycles. The van der Waals surface area contributed by atoms with Crippen molar-refractivity contribution < 1.29 is 17.6 Å². The first kappa shape index (κ1) is 12.3. The van der Waals surface area contributed by atoms with Gasteiger partial charge >= 0.3 is 6.18 Å². The van der Waals surface area contributed by atoms with E-state index in [0.717, 1.165) is 31.3 Å². The van der Waals surface area contributed by atoms with Crippen LogP contribution < -0.4 is 10.6 Å². The normalized spacial score (nSPS) is 16.9. The fourth-order valence-corrected chi connectivity index (χ4v) is 1.57. The van der Waals surface area contributed by atoms with E-state index < -0.39 is 17.6 Å². The standard InChI is InChI=1S/C11H12F4N2/c12-10-2-1-8(11(13,14)15)3-7(10)4-17-9-5-16-6-9/h1-3,9,16-17H,4-6H2. The molecular weight excluding hydrogens is 236 g/mol. The summed E-state index contributed by atoms with van der Waals surface area (Å²) in [7, 11) is 0. The molecule has 0 spiro atoms. The van der Waals surface area contributed by atoms with Crippen LogP contribution in [0.25, 0.3) is 0 Å². The summed E-state index contributed by atoms with van der Waals surface area (Å²) in [6, 6.07) is 2.68. The Morgan fingerprint density at radius 2 is 2.00 bits per heavy atom. The predicted molar refractivity (Wildman–Crippen MR) is 54.9 cm³/mol. The minimum absolute atomic E-state index is 0.0479. The van der Waals surface area contributed by atoms with Gasteiger partial charge in [0.2, 0.25) is 0 Å². The average Bonchev–Trinajstić information content (AvgIpc) is 2.16. The van der Waals surface area contributed by atoms with Gasteiger partial charge in [-0.2, -0.15) is 13.2 Å². The molecule has 2 nitrogen and oxygen atoms in total. The van der Waals surface area contributed by atoms with E-state index in [2.05, 4.69) is 10.6 Å². The van der Waals surface area contributed by atoms with Gasteiger partial charge in [-0.25, -0.2) is 4.39 Å². The molecule has 94 valence electrons. The maximum Gasteiger partial charge on any atom is 0.416 e. The van der Waals surface area contributed by atoms with Crippen molar-refractivity contribution in [1.29, 1.82) is 0 Å². The first-order valence-electron chi connectivity index (χ1n) is 5.26. The maximum atomic E-state index is 13.3. The van der Waals surface area contributed by atoms with Crippen LogP contribution in [-0.2, 0) is 12.7 Å². The first-order valence-corrected chi connectivity index (χ1v) is 5.26. The third kappa shape index (κ3) is 2.95. The zero-order valence-corrected chi connectivity index (χ0v) is 8.94. The lowest BCUT2D eigenvalue weighted by molar-refractivity contribution is -0.137. The molecule has 1 aliphatic heterocycles. The summed E-state index contributed by atoms with van der Waals surface area (Å²) < 4.78 is 50.6. The molecule has 2 N–H and O–H groups in total. The Labute approximate surface area is 96.0 Å². The number of hydrogen-bond donors (Lipinski definition) is 2. The highest BCUT2D eigenvalue weighted by Crippen LogP contribution is 2.30. The van der Waals surface area contributed by atoms with E-state index in [-0.39, 0.29) is 18.2 Å².